The Morgan fingerprint density at radius 1 is 0.750 bits per heavy atom. The number of rotatable bonds is 5. The van der Waals surface area contributed by atoms with Gasteiger partial charge in [-0.1, -0.05) is 35.9 Å². The fourth-order valence-corrected chi connectivity index (χ4v) is 4.92. The van der Waals surface area contributed by atoms with Crippen LogP contribution in [-0.2, 0) is 9.59 Å². The zero-order chi connectivity index (χ0) is 28.7. The van der Waals surface area contributed by atoms with Crippen LogP contribution in [0.3, 0.4) is 0 Å². The first-order valence-corrected chi connectivity index (χ1v) is 12.6. The lowest BCUT2D eigenvalue weighted by Crippen LogP contribution is -2.57. The van der Waals surface area contributed by atoms with E-state index in [1.165, 1.54) is 18.2 Å². The number of nitro groups is 1. The number of imide groups is 2. The number of non-ortho nitro benzene ring substituents is 1. The van der Waals surface area contributed by atoms with Gasteiger partial charge in [0.1, 0.15) is 5.57 Å². The number of barbiturate groups is 1. The molecular formula is C31H26N4O5. The van der Waals surface area contributed by atoms with Crippen LogP contribution in [0.15, 0.2) is 84.4 Å². The van der Waals surface area contributed by atoms with E-state index in [0.717, 1.165) is 32.4 Å². The number of nitro benzene ring substituents is 1. The molecule has 9 nitrogen and oxygen atoms in total. The Kier molecular flexibility index (Phi) is 6.64. The van der Waals surface area contributed by atoms with Gasteiger partial charge in [-0.15, -0.1) is 0 Å². The Morgan fingerprint density at radius 3 is 1.93 bits per heavy atom. The zero-order valence-corrected chi connectivity index (χ0v) is 22.4. The molecular weight excluding hydrogens is 508 g/mol. The normalized spacial score (nSPS) is 14.8. The minimum Gasteiger partial charge on any atom is -0.318 e. The minimum atomic E-state index is -0.755. The van der Waals surface area contributed by atoms with Crippen LogP contribution in [0.1, 0.15) is 28.1 Å². The molecule has 200 valence electrons. The molecule has 9 heteroatoms. The molecule has 0 aliphatic carbocycles. The highest BCUT2D eigenvalue weighted by Crippen LogP contribution is 2.32. The van der Waals surface area contributed by atoms with Crippen LogP contribution in [0.5, 0.6) is 0 Å². The minimum absolute atomic E-state index is 0.00804. The van der Waals surface area contributed by atoms with Crippen LogP contribution in [0.25, 0.3) is 11.8 Å². The number of hydrogen-bond acceptors (Lipinski definition) is 5. The monoisotopic (exact) mass is 534 g/mol. The summed E-state index contributed by atoms with van der Waals surface area (Å²) in [5, 5.41) is 11.2. The van der Waals surface area contributed by atoms with Crippen molar-refractivity contribution in [2.45, 2.75) is 27.7 Å². The van der Waals surface area contributed by atoms with Gasteiger partial charge in [-0.2, -0.15) is 0 Å². The number of para-hydroxylation sites is 1. The van der Waals surface area contributed by atoms with Crippen molar-refractivity contribution >= 4 is 41.0 Å². The summed E-state index contributed by atoms with van der Waals surface area (Å²) in [5.41, 5.74) is 5.08. The van der Waals surface area contributed by atoms with E-state index in [0.29, 0.717) is 22.5 Å². The molecule has 1 aliphatic rings. The lowest BCUT2D eigenvalue weighted by molar-refractivity contribution is -0.384. The molecule has 5 rings (SSSR count). The maximum absolute atomic E-state index is 13.8. The fraction of sp³-hybridized carbons (Fsp3) is 0.129. The van der Waals surface area contributed by atoms with E-state index >= 15 is 0 Å². The molecule has 0 N–H and O–H groups in total. The molecule has 3 aromatic carbocycles. The molecule has 1 fully saturated rings. The van der Waals surface area contributed by atoms with Crippen molar-refractivity contribution < 1.29 is 19.3 Å². The van der Waals surface area contributed by atoms with Crippen LogP contribution >= 0.6 is 0 Å². The SMILES string of the molecule is Cc1ccc(N2C(=O)/C(=C/c3cc(C)n(-c4ccc([N+](=O)[O-])cc4C)c3C)C(=O)N(c3ccccc3)C2=O)cc1. The molecule has 4 amide bonds. The first kappa shape index (κ1) is 26.3. The lowest BCUT2D eigenvalue weighted by atomic mass is 10.0. The maximum Gasteiger partial charge on any atom is 0.343 e. The lowest BCUT2D eigenvalue weighted by Gasteiger charge is -2.34. The highest BCUT2D eigenvalue weighted by Gasteiger charge is 2.43. The third-order valence-electron chi connectivity index (χ3n) is 6.96. The number of carbonyl (C=O) groups is 3. The predicted octanol–water partition coefficient (Wildman–Crippen LogP) is 6.20. The quantitative estimate of drug-likeness (QED) is 0.131. The van der Waals surface area contributed by atoms with Gasteiger partial charge in [-0.3, -0.25) is 19.7 Å². The second-order valence-corrected chi connectivity index (χ2v) is 9.68. The number of carbonyl (C=O) groups excluding carboxylic acids is 3. The second-order valence-electron chi connectivity index (χ2n) is 9.68. The van der Waals surface area contributed by atoms with Crippen molar-refractivity contribution in [1.82, 2.24) is 4.57 Å². The van der Waals surface area contributed by atoms with Gasteiger partial charge in [0.25, 0.3) is 17.5 Å². The van der Waals surface area contributed by atoms with E-state index < -0.39 is 22.8 Å². The van der Waals surface area contributed by atoms with E-state index in [2.05, 4.69) is 0 Å². The van der Waals surface area contributed by atoms with Gasteiger partial charge in [0.15, 0.2) is 0 Å². The van der Waals surface area contributed by atoms with Gasteiger partial charge in [-0.05, 0) is 81.3 Å². The third-order valence-corrected chi connectivity index (χ3v) is 6.96. The molecule has 4 aromatic rings. The smallest absolute Gasteiger partial charge is 0.318 e. The Hall–Kier alpha value is -5.31. The molecule has 1 aliphatic heterocycles. The van der Waals surface area contributed by atoms with Crippen molar-refractivity contribution in [3.8, 4) is 5.69 Å². The second kappa shape index (κ2) is 10.1. The van der Waals surface area contributed by atoms with Crippen LogP contribution < -0.4 is 9.80 Å². The number of aromatic nitrogens is 1. The molecule has 0 atom stereocenters. The van der Waals surface area contributed by atoms with E-state index in [9.17, 15) is 24.5 Å². The Morgan fingerprint density at radius 2 is 1.35 bits per heavy atom. The largest absolute Gasteiger partial charge is 0.343 e. The molecule has 40 heavy (non-hydrogen) atoms. The molecule has 0 unspecified atom stereocenters. The van der Waals surface area contributed by atoms with Gasteiger partial charge in [0.2, 0.25) is 0 Å². The van der Waals surface area contributed by atoms with Crippen LogP contribution in [0.4, 0.5) is 21.9 Å². The molecule has 1 aromatic heterocycles. The standard InChI is InChI=1S/C31H26N4O5/c1-19-10-12-25(13-11-19)34-30(37)27(29(36)33(31(34)38)24-8-6-5-7-9-24)18-23-17-21(3)32(22(23)4)28-15-14-26(35(39)40)16-20(28)2/h5-18H,1-4H3/b27-18+. The molecule has 0 radical (unpaired) electrons. The molecule has 0 spiro atoms. The molecule has 0 saturated carbocycles. The molecule has 2 heterocycles. The first-order valence-electron chi connectivity index (χ1n) is 12.6. The molecule has 0 bridgehead atoms. The molecule has 1 saturated heterocycles. The average molecular weight is 535 g/mol. The first-order chi connectivity index (χ1) is 19.1. The summed E-state index contributed by atoms with van der Waals surface area (Å²) in [6, 6.07) is 21.1. The summed E-state index contributed by atoms with van der Waals surface area (Å²) >= 11 is 0. The number of urea groups is 1. The number of nitrogens with zero attached hydrogens (tertiary/aromatic N) is 4. The number of anilines is 2. The van der Waals surface area contributed by atoms with Gasteiger partial charge < -0.3 is 4.57 Å². The average Bonchev–Trinajstić information content (AvgIpc) is 3.20. The Labute approximate surface area is 230 Å². The van der Waals surface area contributed by atoms with Crippen molar-refractivity contribution in [2.75, 3.05) is 9.80 Å². The summed E-state index contributed by atoms with van der Waals surface area (Å²) < 4.78 is 1.92. The number of hydrogen-bond donors (Lipinski definition) is 0. The van der Waals surface area contributed by atoms with Crippen LogP contribution in [-0.4, -0.2) is 27.3 Å². The highest BCUT2D eigenvalue weighted by atomic mass is 16.6. The van der Waals surface area contributed by atoms with Crippen molar-refractivity contribution in [1.29, 1.82) is 0 Å². The number of amides is 4. The van der Waals surface area contributed by atoms with E-state index in [-0.39, 0.29) is 11.3 Å². The summed E-state index contributed by atoms with van der Waals surface area (Å²) in [6.07, 6.45) is 1.51. The van der Waals surface area contributed by atoms with Crippen molar-refractivity contribution in [2.24, 2.45) is 0 Å². The summed E-state index contributed by atoms with van der Waals surface area (Å²) in [5.74, 6) is -1.44. The highest BCUT2D eigenvalue weighted by molar-refractivity contribution is 6.46. The topological polar surface area (TPSA) is 106 Å². The van der Waals surface area contributed by atoms with Gasteiger partial charge in [0, 0.05) is 29.2 Å². The predicted molar refractivity (Wildman–Crippen MR) is 153 cm³/mol. The Bertz CT molecular complexity index is 1720. The van der Waals surface area contributed by atoms with E-state index in [1.807, 2.05) is 31.4 Å². The van der Waals surface area contributed by atoms with Crippen molar-refractivity contribution in [3.05, 3.63) is 123 Å². The van der Waals surface area contributed by atoms with E-state index in [1.54, 1.807) is 67.6 Å². The third kappa shape index (κ3) is 4.47. The number of benzene rings is 3. The Balaban J connectivity index is 1.64. The van der Waals surface area contributed by atoms with Crippen LogP contribution in [0, 0.1) is 37.8 Å². The van der Waals surface area contributed by atoms with Gasteiger partial charge in [0.05, 0.1) is 16.3 Å². The summed E-state index contributed by atoms with van der Waals surface area (Å²) in [7, 11) is 0. The van der Waals surface area contributed by atoms with Gasteiger partial charge >= 0.3 is 6.03 Å². The maximum atomic E-state index is 13.8. The van der Waals surface area contributed by atoms with Crippen molar-refractivity contribution in [3.63, 3.8) is 0 Å². The van der Waals surface area contributed by atoms with Crippen LogP contribution in [0.2, 0.25) is 0 Å². The number of aryl methyl sites for hydroxylation is 3. The van der Waals surface area contributed by atoms with Gasteiger partial charge in [-0.25, -0.2) is 14.6 Å². The van der Waals surface area contributed by atoms with E-state index in [4.69, 9.17) is 0 Å². The zero-order valence-electron chi connectivity index (χ0n) is 22.4. The summed E-state index contributed by atoms with van der Waals surface area (Å²) in [4.78, 5) is 53.9. The summed E-state index contributed by atoms with van der Waals surface area (Å²) in [6.45, 7) is 7.40. The fourth-order valence-electron chi connectivity index (χ4n) is 4.92.